The highest BCUT2D eigenvalue weighted by atomic mass is 19.1. The van der Waals surface area contributed by atoms with E-state index in [4.69, 9.17) is 9.47 Å². The van der Waals surface area contributed by atoms with Crippen LogP contribution in [0.3, 0.4) is 0 Å². The molecular weight excluding hydrogens is 492 g/mol. The van der Waals surface area contributed by atoms with Crippen molar-refractivity contribution in [3.63, 3.8) is 0 Å². The number of nitrogens with zero attached hydrogens (tertiary/aromatic N) is 4. The normalized spacial score (nSPS) is 17.1. The Morgan fingerprint density at radius 2 is 1.68 bits per heavy atom. The van der Waals surface area contributed by atoms with E-state index in [-0.39, 0.29) is 23.6 Å². The van der Waals surface area contributed by atoms with Gasteiger partial charge in [0.25, 0.3) is 0 Å². The van der Waals surface area contributed by atoms with Gasteiger partial charge in [0.15, 0.2) is 11.6 Å². The van der Waals surface area contributed by atoms with Crippen LogP contribution < -0.4 is 15.0 Å². The van der Waals surface area contributed by atoms with Crippen molar-refractivity contribution >= 4 is 17.9 Å². The van der Waals surface area contributed by atoms with Crippen LogP contribution in [0.5, 0.6) is 11.5 Å². The molecule has 8 nitrogen and oxygen atoms in total. The molecule has 0 radical (unpaired) electrons. The molecule has 3 heterocycles. The van der Waals surface area contributed by atoms with Crippen molar-refractivity contribution in [3.05, 3.63) is 102 Å². The smallest absolute Gasteiger partial charge is 0.416 e. The van der Waals surface area contributed by atoms with Gasteiger partial charge >= 0.3 is 6.09 Å². The van der Waals surface area contributed by atoms with E-state index in [1.165, 1.54) is 29.2 Å². The summed E-state index contributed by atoms with van der Waals surface area (Å²) in [6, 6.07) is 17.5. The average molecular weight is 518 g/mol. The summed E-state index contributed by atoms with van der Waals surface area (Å²) in [7, 11) is 0. The standard InChI is InChI=1S/C28H25F2N5O3/c1-17(23-14-13-21(15-31-23)37-20-11-9-19(29)10-12-20)33-26-32-16-22(30)25(34-26)35-24(18-7-5-4-6-8-18)28(2,3)38-27(35)36/h4-17,24H,1-3H3,(H,32,33,34). The van der Waals surface area contributed by atoms with E-state index in [1.807, 2.05) is 37.3 Å². The molecule has 1 N–H and O–H groups in total. The van der Waals surface area contributed by atoms with Gasteiger partial charge < -0.3 is 14.8 Å². The summed E-state index contributed by atoms with van der Waals surface area (Å²) in [6.07, 6.45) is 1.87. The lowest BCUT2D eigenvalue weighted by atomic mass is 9.91. The Balaban J connectivity index is 1.35. The van der Waals surface area contributed by atoms with Gasteiger partial charge in [0.05, 0.1) is 24.1 Å². The second-order valence-electron chi connectivity index (χ2n) is 9.36. The number of cyclic esters (lactones) is 1. The highest BCUT2D eigenvalue weighted by molar-refractivity contribution is 5.90. The Morgan fingerprint density at radius 1 is 0.974 bits per heavy atom. The molecule has 2 atom stereocenters. The van der Waals surface area contributed by atoms with Crippen LogP contribution in [0.4, 0.5) is 25.3 Å². The predicted octanol–water partition coefficient (Wildman–Crippen LogP) is 6.59. The molecule has 194 valence electrons. The predicted molar refractivity (Wildman–Crippen MR) is 137 cm³/mol. The molecule has 1 aliphatic rings. The zero-order chi connectivity index (χ0) is 26.9. The number of hydrogen-bond donors (Lipinski definition) is 1. The summed E-state index contributed by atoms with van der Waals surface area (Å²) in [4.78, 5) is 26.9. The van der Waals surface area contributed by atoms with Gasteiger partial charge in [0, 0.05) is 0 Å². The second kappa shape index (κ2) is 10.0. The van der Waals surface area contributed by atoms with Gasteiger partial charge in [-0.05, 0) is 62.7 Å². The van der Waals surface area contributed by atoms with Crippen LogP contribution >= 0.6 is 0 Å². The van der Waals surface area contributed by atoms with Gasteiger partial charge in [0.2, 0.25) is 5.95 Å². The fourth-order valence-electron chi connectivity index (χ4n) is 4.35. The Bertz CT molecular complexity index is 1430. The molecule has 0 spiro atoms. The highest BCUT2D eigenvalue weighted by Crippen LogP contribution is 2.43. The molecule has 1 aliphatic heterocycles. The van der Waals surface area contributed by atoms with E-state index in [0.29, 0.717) is 17.2 Å². The molecule has 10 heteroatoms. The maximum Gasteiger partial charge on any atom is 0.416 e. The number of halogens is 2. The first kappa shape index (κ1) is 25.1. The molecule has 1 saturated heterocycles. The van der Waals surface area contributed by atoms with Crippen molar-refractivity contribution in [2.45, 2.75) is 38.5 Å². The molecule has 2 unspecified atom stereocenters. The largest absolute Gasteiger partial charge is 0.456 e. The second-order valence-corrected chi connectivity index (χ2v) is 9.36. The van der Waals surface area contributed by atoms with Crippen LogP contribution in [0.15, 0.2) is 79.1 Å². The van der Waals surface area contributed by atoms with Crippen LogP contribution in [0.25, 0.3) is 0 Å². The zero-order valence-electron chi connectivity index (χ0n) is 20.9. The van der Waals surface area contributed by atoms with Crippen LogP contribution in [-0.4, -0.2) is 26.6 Å². The number of pyridine rings is 1. The van der Waals surface area contributed by atoms with E-state index < -0.39 is 23.6 Å². The lowest BCUT2D eigenvalue weighted by Gasteiger charge is -2.29. The fourth-order valence-corrected chi connectivity index (χ4v) is 4.35. The molecular formula is C28H25F2N5O3. The van der Waals surface area contributed by atoms with Crippen LogP contribution in [-0.2, 0) is 4.74 Å². The molecule has 38 heavy (non-hydrogen) atoms. The maximum absolute atomic E-state index is 15.0. The van der Waals surface area contributed by atoms with Crippen molar-refractivity contribution < 1.29 is 23.0 Å². The van der Waals surface area contributed by atoms with E-state index in [2.05, 4.69) is 20.3 Å². The third kappa shape index (κ3) is 5.10. The van der Waals surface area contributed by atoms with Crippen molar-refractivity contribution in [2.75, 3.05) is 10.2 Å². The first-order valence-electron chi connectivity index (χ1n) is 12.0. The van der Waals surface area contributed by atoms with Crippen molar-refractivity contribution in [1.82, 2.24) is 15.0 Å². The molecule has 1 amide bonds. The van der Waals surface area contributed by atoms with Gasteiger partial charge in [-0.25, -0.2) is 23.5 Å². The van der Waals surface area contributed by atoms with Crippen LogP contribution in [0, 0.1) is 11.6 Å². The van der Waals surface area contributed by atoms with Crippen molar-refractivity contribution in [2.24, 2.45) is 0 Å². The van der Waals surface area contributed by atoms with E-state index in [9.17, 15) is 13.6 Å². The number of benzene rings is 2. The number of hydrogen-bond acceptors (Lipinski definition) is 7. The van der Waals surface area contributed by atoms with Gasteiger partial charge in [-0.1, -0.05) is 30.3 Å². The summed E-state index contributed by atoms with van der Waals surface area (Å²) in [5, 5.41) is 3.10. The summed E-state index contributed by atoms with van der Waals surface area (Å²) in [6.45, 7) is 5.39. The first-order valence-corrected chi connectivity index (χ1v) is 12.0. The van der Waals surface area contributed by atoms with Crippen molar-refractivity contribution in [3.8, 4) is 11.5 Å². The minimum absolute atomic E-state index is 0.117. The third-order valence-corrected chi connectivity index (χ3v) is 6.13. The number of rotatable bonds is 7. The van der Waals surface area contributed by atoms with Gasteiger partial charge in [-0.15, -0.1) is 0 Å². The number of amides is 1. The average Bonchev–Trinajstić information content (AvgIpc) is 3.15. The number of ether oxygens (including phenoxy) is 2. The maximum atomic E-state index is 15.0. The lowest BCUT2D eigenvalue weighted by Crippen LogP contribution is -2.35. The minimum Gasteiger partial charge on any atom is -0.456 e. The Kier molecular flexibility index (Phi) is 6.62. The summed E-state index contributed by atoms with van der Waals surface area (Å²) in [5.74, 6) is -0.203. The molecule has 2 aromatic heterocycles. The number of carbonyl (C=O) groups is 1. The molecule has 5 rings (SSSR count). The minimum atomic E-state index is -0.918. The van der Waals surface area contributed by atoms with Gasteiger partial charge in [-0.3, -0.25) is 4.98 Å². The number of anilines is 2. The highest BCUT2D eigenvalue weighted by Gasteiger charge is 2.50. The first-order chi connectivity index (χ1) is 18.2. The summed E-state index contributed by atoms with van der Waals surface area (Å²) in [5.41, 5.74) is 0.518. The van der Waals surface area contributed by atoms with Gasteiger partial charge in [0.1, 0.15) is 29.0 Å². The van der Waals surface area contributed by atoms with Crippen LogP contribution in [0.2, 0.25) is 0 Å². The lowest BCUT2D eigenvalue weighted by molar-refractivity contribution is 0.0685. The SMILES string of the molecule is CC(Nc1ncc(F)c(N2C(=O)OC(C)(C)C2c2ccccc2)n1)c1ccc(Oc2ccc(F)cc2)cn1. The van der Waals surface area contributed by atoms with Gasteiger partial charge in [-0.2, -0.15) is 4.98 Å². The molecule has 0 saturated carbocycles. The Morgan fingerprint density at radius 3 is 2.37 bits per heavy atom. The number of aromatic nitrogens is 3. The van der Waals surface area contributed by atoms with Crippen molar-refractivity contribution in [1.29, 1.82) is 0 Å². The van der Waals surface area contributed by atoms with E-state index in [0.717, 1.165) is 11.8 Å². The Hall–Kier alpha value is -4.60. The van der Waals surface area contributed by atoms with E-state index in [1.54, 1.807) is 32.2 Å². The Labute approximate surface area is 218 Å². The monoisotopic (exact) mass is 517 g/mol. The zero-order valence-corrected chi connectivity index (χ0v) is 20.9. The fraction of sp³-hybridized carbons (Fsp3) is 0.214. The molecule has 1 fully saturated rings. The molecule has 0 bridgehead atoms. The summed E-state index contributed by atoms with van der Waals surface area (Å²) >= 11 is 0. The van der Waals surface area contributed by atoms with Crippen LogP contribution in [0.1, 0.15) is 44.1 Å². The van der Waals surface area contributed by atoms with E-state index >= 15 is 0 Å². The third-order valence-electron chi connectivity index (χ3n) is 6.13. The molecule has 4 aromatic rings. The number of nitrogens with one attached hydrogen (secondary N) is 1. The number of carbonyl (C=O) groups excluding carboxylic acids is 1. The summed E-state index contributed by atoms with van der Waals surface area (Å²) < 4.78 is 39.4. The molecule has 0 aliphatic carbocycles. The quantitative estimate of drug-likeness (QED) is 0.296. The topological polar surface area (TPSA) is 89.5 Å². The molecule has 2 aromatic carbocycles.